The van der Waals surface area contributed by atoms with E-state index in [1.165, 1.54) is 18.2 Å². The maximum Gasteiger partial charge on any atom is 0.422 e. The summed E-state index contributed by atoms with van der Waals surface area (Å²) in [6.07, 6.45) is -2.67. The minimum atomic E-state index is -4.49. The third-order valence-electron chi connectivity index (χ3n) is 3.26. The zero-order chi connectivity index (χ0) is 17.6. The van der Waals surface area contributed by atoms with Crippen molar-refractivity contribution in [2.24, 2.45) is 0 Å². The molecule has 0 bridgehead atoms. The van der Waals surface area contributed by atoms with E-state index in [-0.39, 0.29) is 23.1 Å². The second kappa shape index (κ2) is 7.88. The van der Waals surface area contributed by atoms with E-state index in [9.17, 15) is 18.0 Å². The zero-order valence-electron chi connectivity index (χ0n) is 12.7. The first-order valence-corrected chi connectivity index (χ1v) is 7.27. The fourth-order valence-corrected chi connectivity index (χ4v) is 2.17. The molecule has 1 aromatic carbocycles. The van der Waals surface area contributed by atoms with Crippen molar-refractivity contribution >= 4 is 11.7 Å². The number of hydrogen-bond acceptors (Lipinski definition) is 4. The molecule has 0 radical (unpaired) electrons. The number of carbonyl (C=O) groups is 1. The molecule has 2 N–H and O–H groups in total. The number of benzene rings is 1. The zero-order valence-corrected chi connectivity index (χ0v) is 12.7. The van der Waals surface area contributed by atoms with Crippen LogP contribution in [-0.2, 0) is 4.74 Å². The van der Waals surface area contributed by atoms with Crippen LogP contribution in [0.3, 0.4) is 0 Å². The van der Waals surface area contributed by atoms with Gasteiger partial charge in [0.2, 0.25) is 0 Å². The van der Waals surface area contributed by atoms with Gasteiger partial charge in [-0.1, -0.05) is 0 Å². The predicted octanol–water partition coefficient (Wildman–Crippen LogP) is 2.80. The van der Waals surface area contributed by atoms with E-state index in [2.05, 4.69) is 15.4 Å². The lowest BCUT2D eigenvalue weighted by molar-refractivity contribution is -0.153. The third-order valence-corrected chi connectivity index (χ3v) is 3.26. The van der Waals surface area contributed by atoms with Crippen LogP contribution in [0, 0.1) is 11.3 Å². The Bertz CT molecular complexity index is 623. The maximum atomic E-state index is 12.2. The number of hydrogen-bond donors (Lipinski definition) is 2. The molecular weight excluding hydrogens is 327 g/mol. The lowest BCUT2D eigenvalue weighted by atomic mass is 10.2. The number of rotatable bonds is 5. The number of ether oxygens (including phenoxy) is 2. The first-order chi connectivity index (χ1) is 11.4. The summed E-state index contributed by atoms with van der Waals surface area (Å²) in [5.41, 5.74) is 0.173. The monoisotopic (exact) mass is 343 g/mol. The van der Waals surface area contributed by atoms with Gasteiger partial charge in [0.1, 0.15) is 11.8 Å². The number of amides is 2. The quantitative estimate of drug-likeness (QED) is 0.861. The summed E-state index contributed by atoms with van der Waals surface area (Å²) in [5, 5.41) is 14.1. The molecule has 1 aliphatic rings. The van der Waals surface area contributed by atoms with Crippen LogP contribution >= 0.6 is 0 Å². The number of nitrogens with one attached hydrogen (secondary N) is 2. The van der Waals surface area contributed by atoms with Gasteiger partial charge in [-0.05, 0) is 31.0 Å². The Balaban J connectivity index is 1.91. The molecule has 1 aliphatic heterocycles. The van der Waals surface area contributed by atoms with Gasteiger partial charge < -0.3 is 20.1 Å². The van der Waals surface area contributed by atoms with Gasteiger partial charge in [-0.25, -0.2) is 4.79 Å². The number of nitriles is 1. The molecule has 6 nitrogen and oxygen atoms in total. The van der Waals surface area contributed by atoms with Crippen molar-refractivity contribution in [3.63, 3.8) is 0 Å². The fourth-order valence-electron chi connectivity index (χ4n) is 2.17. The van der Waals surface area contributed by atoms with Crippen molar-refractivity contribution in [1.82, 2.24) is 5.32 Å². The van der Waals surface area contributed by atoms with Crippen LogP contribution in [0.2, 0.25) is 0 Å². The van der Waals surface area contributed by atoms with Crippen molar-refractivity contribution in [3.05, 3.63) is 23.8 Å². The first kappa shape index (κ1) is 17.9. The fraction of sp³-hybridized carbons (Fsp3) is 0.467. The molecule has 1 saturated heterocycles. The first-order valence-electron chi connectivity index (χ1n) is 7.27. The highest BCUT2D eigenvalue weighted by Gasteiger charge is 2.28. The molecular formula is C15H16F3N3O3. The van der Waals surface area contributed by atoms with Crippen molar-refractivity contribution < 1.29 is 27.4 Å². The molecule has 2 rings (SSSR count). The molecule has 0 saturated carbocycles. The smallest absolute Gasteiger partial charge is 0.422 e. The van der Waals surface area contributed by atoms with Gasteiger partial charge >= 0.3 is 12.2 Å². The van der Waals surface area contributed by atoms with Crippen LogP contribution in [0.5, 0.6) is 5.75 Å². The Morgan fingerprint density at radius 1 is 1.46 bits per heavy atom. The van der Waals surface area contributed by atoms with E-state index in [1.807, 2.05) is 0 Å². The third kappa shape index (κ3) is 5.62. The minimum Gasteiger partial charge on any atom is -0.483 e. The van der Waals surface area contributed by atoms with E-state index in [1.54, 1.807) is 6.07 Å². The lowest BCUT2D eigenvalue weighted by Gasteiger charge is -2.13. The Morgan fingerprint density at radius 3 is 2.88 bits per heavy atom. The van der Waals surface area contributed by atoms with Crippen molar-refractivity contribution in [1.29, 1.82) is 5.26 Å². The van der Waals surface area contributed by atoms with Crippen LogP contribution in [-0.4, -0.2) is 38.1 Å². The molecule has 1 atom stereocenters. The van der Waals surface area contributed by atoms with Crippen molar-refractivity contribution in [3.8, 4) is 11.8 Å². The van der Waals surface area contributed by atoms with Crippen LogP contribution in [0.1, 0.15) is 18.4 Å². The SMILES string of the molecule is N#Cc1cc(NC(=O)NCC2CCCO2)ccc1OCC(F)(F)F. The number of anilines is 1. The Kier molecular flexibility index (Phi) is 5.87. The molecule has 24 heavy (non-hydrogen) atoms. The number of urea groups is 1. The predicted molar refractivity (Wildman–Crippen MR) is 78.7 cm³/mol. The van der Waals surface area contributed by atoms with Crippen molar-refractivity contribution in [2.45, 2.75) is 25.1 Å². The van der Waals surface area contributed by atoms with E-state index in [0.717, 1.165) is 12.8 Å². The highest BCUT2D eigenvalue weighted by molar-refractivity contribution is 5.89. The van der Waals surface area contributed by atoms with Gasteiger partial charge in [-0.3, -0.25) is 0 Å². The molecule has 2 amide bonds. The summed E-state index contributed by atoms with van der Waals surface area (Å²) in [6, 6.07) is 5.07. The second-order valence-electron chi connectivity index (χ2n) is 5.20. The summed E-state index contributed by atoms with van der Waals surface area (Å²) in [4.78, 5) is 11.8. The number of nitrogens with zero attached hydrogens (tertiary/aromatic N) is 1. The topological polar surface area (TPSA) is 83.4 Å². The minimum absolute atomic E-state index is 0.0106. The number of halogens is 3. The van der Waals surface area contributed by atoms with Crippen LogP contribution < -0.4 is 15.4 Å². The Hall–Kier alpha value is -2.47. The van der Waals surface area contributed by atoms with E-state index >= 15 is 0 Å². The van der Waals surface area contributed by atoms with Gasteiger partial charge in [0.05, 0.1) is 11.7 Å². The normalized spacial score (nSPS) is 17.2. The van der Waals surface area contributed by atoms with E-state index in [4.69, 9.17) is 10.00 Å². The van der Waals surface area contributed by atoms with E-state index < -0.39 is 18.8 Å². The summed E-state index contributed by atoms with van der Waals surface area (Å²) >= 11 is 0. The molecule has 1 unspecified atom stereocenters. The Labute approximate surface area is 136 Å². The molecule has 1 fully saturated rings. The summed E-state index contributed by atoms with van der Waals surface area (Å²) < 4.78 is 46.4. The molecule has 1 aromatic rings. The summed E-state index contributed by atoms with van der Waals surface area (Å²) in [7, 11) is 0. The average Bonchev–Trinajstić information content (AvgIpc) is 3.04. The van der Waals surface area contributed by atoms with Crippen LogP contribution in [0.15, 0.2) is 18.2 Å². The standard InChI is InChI=1S/C15H16F3N3O3/c16-15(17,18)9-24-13-4-3-11(6-10(13)7-19)21-14(22)20-8-12-2-1-5-23-12/h3-4,6,12H,1-2,5,8-9H2,(H2,20,21,22). The maximum absolute atomic E-state index is 12.2. The molecule has 0 aliphatic carbocycles. The molecule has 0 aromatic heterocycles. The average molecular weight is 343 g/mol. The largest absolute Gasteiger partial charge is 0.483 e. The van der Waals surface area contributed by atoms with Gasteiger partial charge in [-0.15, -0.1) is 0 Å². The van der Waals surface area contributed by atoms with Crippen LogP contribution in [0.4, 0.5) is 23.7 Å². The summed E-state index contributed by atoms with van der Waals surface area (Å²) in [6.45, 7) is -0.446. The number of carbonyl (C=O) groups excluding carboxylic acids is 1. The van der Waals surface area contributed by atoms with Gasteiger partial charge in [0.25, 0.3) is 0 Å². The molecule has 9 heteroatoms. The molecule has 1 heterocycles. The highest BCUT2D eigenvalue weighted by atomic mass is 19.4. The number of alkyl halides is 3. The van der Waals surface area contributed by atoms with E-state index in [0.29, 0.717) is 13.2 Å². The van der Waals surface area contributed by atoms with Gasteiger partial charge in [0.15, 0.2) is 6.61 Å². The van der Waals surface area contributed by atoms with Gasteiger partial charge in [-0.2, -0.15) is 18.4 Å². The van der Waals surface area contributed by atoms with Crippen LogP contribution in [0.25, 0.3) is 0 Å². The Morgan fingerprint density at radius 2 is 2.25 bits per heavy atom. The van der Waals surface area contributed by atoms with Gasteiger partial charge in [0, 0.05) is 18.8 Å². The van der Waals surface area contributed by atoms with Crippen molar-refractivity contribution in [2.75, 3.05) is 25.1 Å². The highest BCUT2D eigenvalue weighted by Crippen LogP contribution is 2.24. The molecule has 0 spiro atoms. The lowest BCUT2D eigenvalue weighted by Crippen LogP contribution is -2.35. The summed E-state index contributed by atoms with van der Waals surface area (Å²) in [5.74, 6) is -0.194. The molecule has 130 valence electrons. The second-order valence-corrected chi connectivity index (χ2v) is 5.20.